The highest BCUT2D eigenvalue weighted by atomic mass is 32.2. The molecule has 1 aromatic heterocycles. The monoisotopic (exact) mass is 638 g/mol. The third-order valence-electron chi connectivity index (χ3n) is 6.57. The molecule has 1 fully saturated rings. The number of hydrogen-bond donors (Lipinski definition) is 1. The molecular weight excluding hydrogens is 608 g/mol. The number of benzene rings is 2. The average Bonchev–Trinajstić information content (AvgIpc) is 3.23. The van der Waals surface area contributed by atoms with E-state index in [4.69, 9.17) is 17.8 Å². The Balaban J connectivity index is 1.84. The zero-order valence-corrected chi connectivity index (χ0v) is 25.0. The summed E-state index contributed by atoms with van der Waals surface area (Å²) in [6, 6.07) is 16.2. The van der Waals surface area contributed by atoms with E-state index in [1.54, 1.807) is 48.5 Å². The van der Waals surface area contributed by atoms with Crippen molar-refractivity contribution in [3.05, 3.63) is 104 Å². The quantitative estimate of drug-likeness (QED) is 0.281. The van der Waals surface area contributed by atoms with Gasteiger partial charge in [-0.15, -0.1) is 0 Å². The molecule has 0 amide bonds. The van der Waals surface area contributed by atoms with Crippen LogP contribution < -0.4 is 11.2 Å². The second-order valence-corrected chi connectivity index (χ2v) is 13.3. The van der Waals surface area contributed by atoms with E-state index >= 15 is 0 Å². The molecule has 43 heavy (non-hydrogen) atoms. The predicted octanol–water partition coefficient (Wildman–Crippen LogP) is 0.173. The Kier molecular flexibility index (Phi) is 9.51. The number of aryl methyl sites for hydroxylation is 1. The SMILES string of the molecule is Cc1cn([C@@H]2OC(COS(C)(=O)=O)(COS(C)(=O)=O)[C@H](OCc3ccccc3)[C@H]2O)c(=O)n(C(=O)c2ccccc2)c1=O. The normalized spacial score (nSPS) is 20.2. The molecule has 1 aliphatic rings. The molecule has 3 aromatic rings. The summed E-state index contributed by atoms with van der Waals surface area (Å²) in [7, 11) is -8.29. The predicted molar refractivity (Wildman–Crippen MR) is 151 cm³/mol. The van der Waals surface area contributed by atoms with Gasteiger partial charge in [-0.25, -0.2) is 4.79 Å². The lowest BCUT2D eigenvalue weighted by Crippen LogP contribution is -2.52. The van der Waals surface area contributed by atoms with Crippen LogP contribution in [0.4, 0.5) is 0 Å². The van der Waals surface area contributed by atoms with Crippen molar-refractivity contribution in [2.45, 2.75) is 37.6 Å². The van der Waals surface area contributed by atoms with Gasteiger partial charge in [0.15, 0.2) is 6.23 Å². The summed E-state index contributed by atoms with van der Waals surface area (Å²) in [5.74, 6) is -0.940. The van der Waals surface area contributed by atoms with Gasteiger partial charge in [0.25, 0.3) is 31.7 Å². The minimum atomic E-state index is -4.14. The molecule has 2 heterocycles. The Labute approximate surface area is 247 Å². The number of ether oxygens (including phenoxy) is 2. The fraction of sp³-hybridized carbons (Fsp3) is 0.370. The lowest BCUT2D eigenvalue weighted by molar-refractivity contribution is -0.154. The molecule has 1 aliphatic heterocycles. The molecule has 3 atom stereocenters. The van der Waals surface area contributed by atoms with E-state index in [0.29, 0.717) is 10.1 Å². The fourth-order valence-electron chi connectivity index (χ4n) is 4.53. The highest BCUT2D eigenvalue weighted by Gasteiger charge is 2.58. The molecular formula is C27H30N2O12S2. The Bertz CT molecular complexity index is 1770. The average molecular weight is 639 g/mol. The molecule has 0 aliphatic carbocycles. The number of hydrogen-bond acceptors (Lipinski definition) is 12. The van der Waals surface area contributed by atoms with Crippen LogP contribution in [-0.4, -0.2) is 80.5 Å². The molecule has 2 aromatic carbocycles. The first-order chi connectivity index (χ1) is 20.1. The summed E-state index contributed by atoms with van der Waals surface area (Å²) in [4.78, 5) is 39.8. The van der Waals surface area contributed by atoms with Crippen molar-refractivity contribution in [1.29, 1.82) is 0 Å². The summed E-state index contributed by atoms with van der Waals surface area (Å²) in [5.41, 5.74) is -3.62. The van der Waals surface area contributed by atoms with Crippen molar-refractivity contribution in [2.75, 3.05) is 25.7 Å². The Morgan fingerprint density at radius 3 is 2.00 bits per heavy atom. The van der Waals surface area contributed by atoms with Crippen LogP contribution >= 0.6 is 0 Å². The number of carbonyl (C=O) groups is 1. The highest BCUT2D eigenvalue weighted by Crippen LogP contribution is 2.40. The number of carbonyl (C=O) groups excluding carboxylic acids is 1. The van der Waals surface area contributed by atoms with Crippen molar-refractivity contribution in [3.8, 4) is 0 Å². The summed E-state index contributed by atoms with van der Waals surface area (Å²) in [6.45, 7) is -0.585. The third kappa shape index (κ3) is 7.53. The lowest BCUT2D eigenvalue weighted by Gasteiger charge is -2.33. The first-order valence-corrected chi connectivity index (χ1v) is 16.4. The third-order valence-corrected chi connectivity index (χ3v) is 7.66. The zero-order valence-electron chi connectivity index (χ0n) is 23.4. The largest absolute Gasteiger partial charge is 0.386 e. The molecule has 1 saturated heterocycles. The minimum absolute atomic E-state index is 0.0354. The van der Waals surface area contributed by atoms with Gasteiger partial charge in [0.2, 0.25) is 0 Å². The van der Waals surface area contributed by atoms with Crippen molar-refractivity contribution in [3.63, 3.8) is 0 Å². The molecule has 16 heteroatoms. The second-order valence-electron chi connectivity index (χ2n) is 10.0. The van der Waals surface area contributed by atoms with Gasteiger partial charge in [0.1, 0.15) is 31.0 Å². The molecule has 232 valence electrons. The number of aliphatic hydroxyl groups excluding tert-OH is 1. The van der Waals surface area contributed by atoms with E-state index in [9.17, 15) is 36.3 Å². The zero-order chi connectivity index (χ0) is 31.6. The minimum Gasteiger partial charge on any atom is -0.386 e. The summed E-state index contributed by atoms with van der Waals surface area (Å²) in [6.07, 6.45) is -2.48. The van der Waals surface area contributed by atoms with Crippen LogP contribution in [0.3, 0.4) is 0 Å². The highest BCUT2D eigenvalue weighted by molar-refractivity contribution is 7.86. The standard InChI is InChI=1S/C27H30N2O12S2/c1-18-14-28(26(33)29(23(18)31)24(32)20-12-8-5-9-13-20)25-21(30)22(38-15-19-10-6-4-7-11-19)27(41-25,16-39-42(2,34)35)17-40-43(3,36)37/h4-14,21-22,25,30H,15-17H2,1-3H3/t21-,22-,25-/m1/s1. The van der Waals surface area contributed by atoms with Crippen LogP contribution in [0.25, 0.3) is 0 Å². The first-order valence-electron chi connectivity index (χ1n) is 12.8. The van der Waals surface area contributed by atoms with Crippen LogP contribution in [0.2, 0.25) is 0 Å². The second kappa shape index (κ2) is 12.6. The summed E-state index contributed by atoms with van der Waals surface area (Å²) in [5, 5.41) is 11.5. The number of aliphatic hydroxyl groups is 1. The van der Waals surface area contributed by atoms with E-state index in [0.717, 1.165) is 23.3 Å². The van der Waals surface area contributed by atoms with Crippen molar-refractivity contribution >= 4 is 26.1 Å². The summed E-state index contributed by atoms with van der Waals surface area (Å²) < 4.78 is 71.0. The lowest BCUT2D eigenvalue weighted by atomic mass is 9.96. The molecule has 4 rings (SSSR count). The van der Waals surface area contributed by atoms with Gasteiger partial charge >= 0.3 is 5.69 Å². The van der Waals surface area contributed by atoms with Crippen LogP contribution in [0.15, 0.2) is 76.4 Å². The van der Waals surface area contributed by atoms with Gasteiger partial charge in [-0.2, -0.15) is 21.4 Å². The molecule has 0 bridgehead atoms. The number of nitrogens with zero attached hydrogens (tertiary/aromatic N) is 2. The van der Waals surface area contributed by atoms with E-state index in [-0.39, 0.29) is 17.7 Å². The number of rotatable bonds is 11. The number of aromatic nitrogens is 2. The van der Waals surface area contributed by atoms with E-state index in [1.165, 1.54) is 19.1 Å². The van der Waals surface area contributed by atoms with E-state index in [1.807, 2.05) is 0 Å². The van der Waals surface area contributed by atoms with Crippen LogP contribution in [0, 0.1) is 6.92 Å². The van der Waals surface area contributed by atoms with Gasteiger partial charge in [-0.05, 0) is 24.6 Å². The topological polar surface area (TPSA) is 186 Å². The Hall–Kier alpha value is -3.51. The maximum atomic E-state index is 13.6. The van der Waals surface area contributed by atoms with E-state index < -0.39 is 74.6 Å². The molecule has 0 saturated carbocycles. The maximum Gasteiger partial charge on any atom is 0.340 e. The molecule has 1 N–H and O–H groups in total. The van der Waals surface area contributed by atoms with Crippen LogP contribution in [-0.2, 0) is 44.7 Å². The Morgan fingerprint density at radius 1 is 0.930 bits per heavy atom. The van der Waals surface area contributed by atoms with Crippen molar-refractivity contribution < 1.29 is 44.6 Å². The van der Waals surface area contributed by atoms with Gasteiger partial charge in [-0.1, -0.05) is 48.5 Å². The van der Waals surface area contributed by atoms with Crippen molar-refractivity contribution in [1.82, 2.24) is 9.13 Å². The molecule has 14 nitrogen and oxygen atoms in total. The molecule has 0 unspecified atom stereocenters. The van der Waals surface area contributed by atoms with Crippen molar-refractivity contribution in [2.24, 2.45) is 0 Å². The molecule has 0 spiro atoms. The smallest absolute Gasteiger partial charge is 0.340 e. The van der Waals surface area contributed by atoms with Crippen LogP contribution in [0.5, 0.6) is 0 Å². The molecule has 0 radical (unpaired) electrons. The maximum absolute atomic E-state index is 13.6. The Morgan fingerprint density at radius 2 is 1.47 bits per heavy atom. The van der Waals surface area contributed by atoms with Gasteiger partial charge < -0.3 is 14.6 Å². The van der Waals surface area contributed by atoms with Gasteiger partial charge in [0.05, 0.1) is 19.1 Å². The van der Waals surface area contributed by atoms with Gasteiger partial charge in [-0.3, -0.25) is 22.5 Å². The fourth-order valence-corrected chi connectivity index (χ4v) is 5.35. The van der Waals surface area contributed by atoms with Gasteiger partial charge in [0, 0.05) is 17.3 Å². The van der Waals surface area contributed by atoms with E-state index in [2.05, 4.69) is 0 Å². The summed E-state index contributed by atoms with van der Waals surface area (Å²) >= 11 is 0. The van der Waals surface area contributed by atoms with Crippen LogP contribution in [0.1, 0.15) is 27.7 Å². The first kappa shape index (κ1) is 32.4.